The van der Waals surface area contributed by atoms with Crippen LogP contribution in [0.1, 0.15) is 12.5 Å². The van der Waals surface area contributed by atoms with Gasteiger partial charge in [0.1, 0.15) is 12.1 Å². The quantitative estimate of drug-likeness (QED) is 0.624. The molecular weight excluding hydrogens is 380 g/mol. The summed E-state index contributed by atoms with van der Waals surface area (Å²) >= 11 is 0. The molecule has 1 N–H and O–H groups in total. The lowest BCUT2D eigenvalue weighted by Crippen LogP contribution is -2.51. The van der Waals surface area contributed by atoms with Gasteiger partial charge in [-0.2, -0.15) is 0 Å². The van der Waals surface area contributed by atoms with E-state index >= 15 is 0 Å². The summed E-state index contributed by atoms with van der Waals surface area (Å²) < 4.78 is 1.58. The van der Waals surface area contributed by atoms with Crippen LogP contribution in [-0.4, -0.2) is 74.8 Å². The molecule has 0 bridgehead atoms. The average Bonchev–Trinajstić information content (AvgIpc) is 3.30. The molecule has 9 nitrogen and oxygen atoms in total. The standard InChI is InChI=1S/C21H26N8O/c1-17(15-27-10-12-28(13-11-27)20-4-2-3-9-22-20)24-21(30)14-18-5-7-19(8-6-18)29-16-23-25-26-29/h2-9,16-17H,10-15H2,1H3,(H,24,30). The fraction of sp³-hybridized carbons (Fsp3) is 0.381. The zero-order valence-corrected chi connectivity index (χ0v) is 17.1. The van der Waals surface area contributed by atoms with Crippen LogP contribution in [0.2, 0.25) is 0 Å². The van der Waals surface area contributed by atoms with Gasteiger partial charge >= 0.3 is 0 Å². The number of carbonyl (C=O) groups excluding carboxylic acids is 1. The van der Waals surface area contributed by atoms with Crippen LogP contribution in [0.4, 0.5) is 5.82 Å². The highest BCUT2D eigenvalue weighted by molar-refractivity contribution is 5.78. The summed E-state index contributed by atoms with van der Waals surface area (Å²) in [5.41, 5.74) is 1.82. The Labute approximate surface area is 175 Å². The highest BCUT2D eigenvalue weighted by atomic mass is 16.1. The largest absolute Gasteiger partial charge is 0.354 e. The van der Waals surface area contributed by atoms with E-state index in [1.807, 2.05) is 48.7 Å². The van der Waals surface area contributed by atoms with E-state index in [2.05, 4.69) is 42.5 Å². The zero-order valence-electron chi connectivity index (χ0n) is 17.1. The van der Waals surface area contributed by atoms with Gasteiger partial charge < -0.3 is 10.2 Å². The summed E-state index contributed by atoms with van der Waals surface area (Å²) in [5.74, 6) is 1.06. The summed E-state index contributed by atoms with van der Waals surface area (Å²) in [6, 6.07) is 13.8. The Hall–Kier alpha value is -3.33. The molecule has 4 rings (SSSR count). The van der Waals surface area contributed by atoms with Crippen LogP contribution in [0.3, 0.4) is 0 Å². The number of hydrogen-bond donors (Lipinski definition) is 1. The van der Waals surface area contributed by atoms with E-state index in [-0.39, 0.29) is 11.9 Å². The lowest BCUT2D eigenvalue weighted by Gasteiger charge is -2.36. The minimum Gasteiger partial charge on any atom is -0.354 e. The molecule has 1 aliphatic heterocycles. The average molecular weight is 406 g/mol. The van der Waals surface area contributed by atoms with Gasteiger partial charge in [0.25, 0.3) is 0 Å². The molecular formula is C21H26N8O. The Kier molecular flexibility index (Phi) is 6.29. The predicted octanol–water partition coefficient (Wildman–Crippen LogP) is 0.927. The first kappa shape index (κ1) is 20.0. The van der Waals surface area contributed by atoms with E-state index in [1.165, 1.54) is 0 Å². The first-order chi connectivity index (χ1) is 14.7. The van der Waals surface area contributed by atoms with Crippen LogP contribution in [0.25, 0.3) is 5.69 Å². The van der Waals surface area contributed by atoms with Crippen LogP contribution in [0.5, 0.6) is 0 Å². The number of piperazine rings is 1. The number of rotatable bonds is 7. The molecule has 0 aliphatic carbocycles. The van der Waals surface area contributed by atoms with E-state index in [4.69, 9.17) is 0 Å². The lowest BCUT2D eigenvalue weighted by molar-refractivity contribution is -0.121. The monoisotopic (exact) mass is 406 g/mol. The Morgan fingerprint density at radius 1 is 1.10 bits per heavy atom. The highest BCUT2D eigenvalue weighted by Crippen LogP contribution is 2.13. The minimum atomic E-state index is 0.0322. The SMILES string of the molecule is CC(CN1CCN(c2ccccn2)CC1)NC(=O)Cc1ccc(-n2cnnn2)cc1. The number of pyridine rings is 1. The van der Waals surface area contributed by atoms with Crippen LogP contribution >= 0.6 is 0 Å². The molecule has 1 amide bonds. The van der Waals surface area contributed by atoms with Crippen LogP contribution < -0.4 is 10.2 Å². The highest BCUT2D eigenvalue weighted by Gasteiger charge is 2.20. The second kappa shape index (κ2) is 9.45. The van der Waals surface area contributed by atoms with Crippen LogP contribution in [0, 0.1) is 0 Å². The van der Waals surface area contributed by atoms with Gasteiger partial charge in [0.05, 0.1) is 12.1 Å². The van der Waals surface area contributed by atoms with Crippen molar-refractivity contribution in [2.75, 3.05) is 37.6 Å². The number of nitrogens with one attached hydrogen (secondary N) is 1. The van der Waals surface area contributed by atoms with Gasteiger partial charge in [0, 0.05) is 45.0 Å². The number of carbonyl (C=O) groups is 1. The Morgan fingerprint density at radius 2 is 1.90 bits per heavy atom. The van der Waals surface area contributed by atoms with E-state index < -0.39 is 0 Å². The van der Waals surface area contributed by atoms with Gasteiger partial charge in [-0.1, -0.05) is 18.2 Å². The molecule has 156 valence electrons. The topological polar surface area (TPSA) is 92.1 Å². The van der Waals surface area contributed by atoms with Crippen molar-refractivity contribution in [1.29, 1.82) is 0 Å². The molecule has 1 aromatic carbocycles. The number of anilines is 1. The summed E-state index contributed by atoms with van der Waals surface area (Å²) in [4.78, 5) is 21.6. The first-order valence-electron chi connectivity index (χ1n) is 10.2. The molecule has 2 aromatic heterocycles. The van der Waals surface area contributed by atoms with Crippen LogP contribution in [-0.2, 0) is 11.2 Å². The third-order valence-electron chi connectivity index (χ3n) is 5.20. The molecule has 1 unspecified atom stereocenters. The van der Waals surface area contributed by atoms with Crippen molar-refractivity contribution >= 4 is 11.7 Å². The van der Waals surface area contributed by atoms with E-state index in [1.54, 1.807) is 11.0 Å². The zero-order chi connectivity index (χ0) is 20.8. The fourth-order valence-electron chi connectivity index (χ4n) is 3.69. The molecule has 0 spiro atoms. The Morgan fingerprint density at radius 3 is 2.57 bits per heavy atom. The second-order valence-corrected chi connectivity index (χ2v) is 7.54. The van der Waals surface area contributed by atoms with Gasteiger partial charge in [-0.25, -0.2) is 9.67 Å². The predicted molar refractivity (Wildman–Crippen MR) is 113 cm³/mol. The van der Waals surface area contributed by atoms with Gasteiger partial charge in [-0.15, -0.1) is 5.10 Å². The molecule has 1 atom stereocenters. The van der Waals surface area contributed by atoms with Crippen molar-refractivity contribution < 1.29 is 4.79 Å². The van der Waals surface area contributed by atoms with Crippen molar-refractivity contribution in [2.45, 2.75) is 19.4 Å². The number of hydrogen-bond acceptors (Lipinski definition) is 7. The van der Waals surface area contributed by atoms with Crippen molar-refractivity contribution in [3.8, 4) is 5.69 Å². The number of amides is 1. The van der Waals surface area contributed by atoms with E-state index in [0.717, 1.165) is 49.8 Å². The molecule has 1 aliphatic rings. The second-order valence-electron chi connectivity index (χ2n) is 7.54. The van der Waals surface area contributed by atoms with Crippen molar-refractivity contribution in [2.24, 2.45) is 0 Å². The third-order valence-corrected chi connectivity index (χ3v) is 5.20. The fourth-order valence-corrected chi connectivity index (χ4v) is 3.69. The Balaban J connectivity index is 1.20. The summed E-state index contributed by atoms with van der Waals surface area (Å²) in [7, 11) is 0. The first-order valence-corrected chi connectivity index (χ1v) is 10.2. The summed E-state index contributed by atoms with van der Waals surface area (Å²) in [6.07, 6.45) is 3.73. The smallest absolute Gasteiger partial charge is 0.224 e. The molecule has 0 radical (unpaired) electrons. The number of aromatic nitrogens is 5. The maximum absolute atomic E-state index is 12.4. The van der Waals surface area contributed by atoms with Crippen molar-refractivity contribution in [3.63, 3.8) is 0 Å². The number of tetrazole rings is 1. The number of nitrogens with zero attached hydrogens (tertiary/aromatic N) is 7. The van der Waals surface area contributed by atoms with E-state index in [0.29, 0.717) is 6.42 Å². The van der Waals surface area contributed by atoms with Gasteiger partial charge in [-0.3, -0.25) is 9.69 Å². The van der Waals surface area contributed by atoms with Crippen molar-refractivity contribution in [1.82, 2.24) is 35.4 Å². The van der Waals surface area contributed by atoms with Gasteiger partial charge in [0.2, 0.25) is 5.91 Å². The molecule has 0 saturated carbocycles. The normalized spacial score (nSPS) is 15.7. The minimum absolute atomic E-state index is 0.0322. The van der Waals surface area contributed by atoms with Crippen LogP contribution in [0.15, 0.2) is 55.0 Å². The molecule has 9 heteroatoms. The molecule has 3 aromatic rings. The van der Waals surface area contributed by atoms with Crippen molar-refractivity contribution in [3.05, 3.63) is 60.6 Å². The molecule has 3 heterocycles. The van der Waals surface area contributed by atoms with E-state index in [9.17, 15) is 4.79 Å². The maximum atomic E-state index is 12.4. The summed E-state index contributed by atoms with van der Waals surface area (Å²) in [5, 5.41) is 14.2. The molecule has 30 heavy (non-hydrogen) atoms. The third kappa shape index (κ3) is 5.18. The molecule has 1 saturated heterocycles. The van der Waals surface area contributed by atoms with Gasteiger partial charge in [-0.05, 0) is 47.2 Å². The Bertz CT molecular complexity index is 921. The van der Waals surface area contributed by atoms with Gasteiger partial charge in [0.15, 0.2) is 0 Å². The number of benzene rings is 1. The summed E-state index contributed by atoms with van der Waals surface area (Å²) in [6.45, 7) is 6.74. The maximum Gasteiger partial charge on any atom is 0.224 e. The lowest BCUT2D eigenvalue weighted by atomic mass is 10.1. The molecule has 1 fully saturated rings.